The topological polar surface area (TPSA) is 94.3 Å². The Bertz CT molecular complexity index is 706. The maximum absolute atomic E-state index is 12.8. The van der Waals surface area contributed by atoms with Gasteiger partial charge in [0.25, 0.3) is 5.91 Å². The molecule has 2 amide bonds. The van der Waals surface area contributed by atoms with Crippen LogP contribution in [-0.4, -0.2) is 29.9 Å². The second-order valence-corrected chi connectivity index (χ2v) is 7.67. The Morgan fingerprint density at radius 2 is 1.92 bits per heavy atom. The van der Waals surface area contributed by atoms with Crippen molar-refractivity contribution in [2.45, 2.75) is 62.8 Å². The van der Waals surface area contributed by atoms with Gasteiger partial charge >= 0.3 is 0 Å². The summed E-state index contributed by atoms with van der Waals surface area (Å²) in [6, 6.07) is 1.34. The molecule has 0 radical (unpaired) electrons. The Labute approximate surface area is 147 Å². The van der Waals surface area contributed by atoms with E-state index in [0.29, 0.717) is 29.9 Å². The molecule has 0 unspecified atom stereocenters. The number of aromatic nitrogens is 1. The molecule has 1 heterocycles. The summed E-state index contributed by atoms with van der Waals surface area (Å²) in [5.74, 6) is 1.14. The number of carbonyl (C=O) groups is 2. The van der Waals surface area contributed by atoms with Crippen LogP contribution in [-0.2, 0) is 4.79 Å². The van der Waals surface area contributed by atoms with E-state index < -0.39 is 11.9 Å². The number of pyridine rings is 1. The minimum atomic E-state index is -0.640. The predicted molar refractivity (Wildman–Crippen MR) is 92.5 cm³/mol. The van der Waals surface area contributed by atoms with E-state index in [4.69, 9.17) is 10.5 Å². The number of nitrogens with one attached hydrogen (secondary N) is 1. The van der Waals surface area contributed by atoms with Gasteiger partial charge in [-0.1, -0.05) is 12.8 Å². The number of primary amides is 1. The van der Waals surface area contributed by atoms with Crippen molar-refractivity contribution in [2.24, 2.45) is 11.7 Å². The first-order valence-electron chi connectivity index (χ1n) is 9.25. The van der Waals surface area contributed by atoms with E-state index in [1.54, 1.807) is 7.11 Å². The summed E-state index contributed by atoms with van der Waals surface area (Å²) < 4.78 is 5.44. The molecule has 134 valence electrons. The molecule has 4 rings (SSSR count). The van der Waals surface area contributed by atoms with Gasteiger partial charge in [0, 0.05) is 11.6 Å². The normalized spacial score (nSPS) is 20.8. The largest absolute Gasteiger partial charge is 0.494 e. The number of hydrogen-bond acceptors (Lipinski definition) is 4. The van der Waals surface area contributed by atoms with Crippen LogP contribution in [0.15, 0.2) is 6.07 Å². The Kier molecular flexibility index (Phi) is 4.13. The number of carbonyl (C=O) groups excluding carboxylic acids is 2. The molecule has 3 saturated carbocycles. The van der Waals surface area contributed by atoms with Gasteiger partial charge in [-0.2, -0.15) is 0 Å². The average molecular weight is 343 g/mol. The molecule has 3 aliphatic rings. The molecule has 6 nitrogen and oxygen atoms in total. The van der Waals surface area contributed by atoms with E-state index >= 15 is 0 Å². The number of methoxy groups -OCH3 is 1. The number of ether oxygens (including phenoxy) is 1. The Balaban J connectivity index is 1.59. The molecule has 3 fully saturated rings. The highest BCUT2D eigenvalue weighted by Crippen LogP contribution is 2.49. The summed E-state index contributed by atoms with van der Waals surface area (Å²) in [6.45, 7) is 0. The summed E-state index contributed by atoms with van der Waals surface area (Å²) in [7, 11) is 1.55. The predicted octanol–water partition coefficient (Wildman–Crippen LogP) is 2.23. The first-order chi connectivity index (χ1) is 12.1. The fourth-order valence-electron chi connectivity index (χ4n) is 3.41. The summed E-state index contributed by atoms with van der Waals surface area (Å²) in [4.78, 5) is 29.1. The lowest BCUT2D eigenvalue weighted by atomic mass is 10.0. The molecule has 0 aromatic carbocycles. The molecular formula is C19H25N3O3. The van der Waals surface area contributed by atoms with Crippen molar-refractivity contribution in [1.82, 2.24) is 10.3 Å². The van der Waals surface area contributed by atoms with Crippen molar-refractivity contribution in [3.8, 4) is 5.75 Å². The minimum Gasteiger partial charge on any atom is -0.494 e. The van der Waals surface area contributed by atoms with Crippen LogP contribution in [0, 0.1) is 5.92 Å². The molecule has 3 N–H and O–H groups in total. The summed E-state index contributed by atoms with van der Waals surface area (Å²) in [5, 5.41) is 2.77. The molecule has 3 aliphatic carbocycles. The summed E-state index contributed by atoms with van der Waals surface area (Å²) in [6.07, 6.45) is 7.44. The third-order valence-corrected chi connectivity index (χ3v) is 5.38. The molecule has 0 aliphatic heterocycles. The van der Waals surface area contributed by atoms with E-state index in [-0.39, 0.29) is 11.6 Å². The summed E-state index contributed by atoms with van der Waals surface area (Å²) in [5.41, 5.74) is 8.02. The lowest BCUT2D eigenvalue weighted by Gasteiger charge is -2.18. The molecule has 1 aromatic rings. The second kappa shape index (κ2) is 6.32. The van der Waals surface area contributed by atoms with Crippen molar-refractivity contribution in [3.63, 3.8) is 0 Å². The first kappa shape index (κ1) is 16.4. The van der Waals surface area contributed by atoms with Gasteiger partial charge in [0.05, 0.1) is 7.11 Å². The van der Waals surface area contributed by atoms with Crippen molar-refractivity contribution in [3.05, 3.63) is 23.0 Å². The van der Waals surface area contributed by atoms with Gasteiger partial charge in [-0.3, -0.25) is 9.59 Å². The van der Waals surface area contributed by atoms with E-state index in [9.17, 15) is 9.59 Å². The highest BCUT2D eigenvalue weighted by atomic mass is 16.5. The van der Waals surface area contributed by atoms with Gasteiger partial charge in [0.2, 0.25) is 5.91 Å². The standard InChI is InChI=1S/C19H25N3O3/c1-25-15-9-13(11-4-5-11)16(12-6-7-12)22-17(15)19(24)21-14(18(20)23)8-10-2-3-10/h9-12,14H,2-8H2,1H3,(H2,20,23)(H,21,24)/t14-/m0/s1. The molecule has 6 heteroatoms. The molecule has 0 spiro atoms. The number of rotatable bonds is 8. The van der Waals surface area contributed by atoms with Crippen molar-refractivity contribution in [2.75, 3.05) is 7.11 Å². The van der Waals surface area contributed by atoms with E-state index in [0.717, 1.165) is 31.4 Å². The molecule has 0 bridgehead atoms. The zero-order valence-electron chi connectivity index (χ0n) is 14.6. The van der Waals surface area contributed by atoms with Crippen LogP contribution in [0.3, 0.4) is 0 Å². The molecule has 0 saturated heterocycles. The van der Waals surface area contributed by atoms with Crippen molar-refractivity contribution >= 4 is 11.8 Å². The Morgan fingerprint density at radius 1 is 1.24 bits per heavy atom. The highest BCUT2D eigenvalue weighted by Gasteiger charge is 2.36. The summed E-state index contributed by atoms with van der Waals surface area (Å²) >= 11 is 0. The van der Waals surface area contributed by atoms with Crippen LogP contribution in [0.25, 0.3) is 0 Å². The fraction of sp³-hybridized carbons (Fsp3) is 0.632. The van der Waals surface area contributed by atoms with Crippen molar-refractivity contribution < 1.29 is 14.3 Å². The lowest BCUT2D eigenvalue weighted by Crippen LogP contribution is -2.45. The monoisotopic (exact) mass is 343 g/mol. The van der Waals surface area contributed by atoms with Crippen molar-refractivity contribution in [1.29, 1.82) is 0 Å². The number of nitrogens with two attached hydrogens (primary N) is 1. The van der Waals surface area contributed by atoms with Gasteiger partial charge in [-0.25, -0.2) is 4.98 Å². The fourth-order valence-corrected chi connectivity index (χ4v) is 3.41. The van der Waals surface area contributed by atoms with Crippen LogP contribution in [0.4, 0.5) is 0 Å². The molecule has 25 heavy (non-hydrogen) atoms. The van der Waals surface area contributed by atoms with Crippen LogP contribution >= 0.6 is 0 Å². The van der Waals surface area contributed by atoms with Gasteiger partial charge in [0.15, 0.2) is 11.4 Å². The van der Waals surface area contributed by atoms with Gasteiger partial charge in [0.1, 0.15) is 6.04 Å². The van der Waals surface area contributed by atoms with Gasteiger partial charge in [-0.05, 0) is 55.6 Å². The average Bonchev–Trinajstić information content (AvgIpc) is 3.46. The van der Waals surface area contributed by atoms with Crippen LogP contribution in [0.2, 0.25) is 0 Å². The van der Waals surface area contributed by atoms with Gasteiger partial charge in [-0.15, -0.1) is 0 Å². The first-order valence-corrected chi connectivity index (χ1v) is 9.25. The third kappa shape index (κ3) is 3.62. The molecule has 1 atom stereocenters. The van der Waals surface area contributed by atoms with Crippen LogP contribution in [0.1, 0.15) is 78.5 Å². The SMILES string of the molecule is COc1cc(C2CC2)c(C2CC2)nc1C(=O)N[C@@H](CC1CC1)C(N)=O. The van der Waals surface area contributed by atoms with E-state index in [1.165, 1.54) is 18.4 Å². The smallest absolute Gasteiger partial charge is 0.274 e. The van der Waals surface area contributed by atoms with Gasteiger partial charge < -0.3 is 15.8 Å². The Morgan fingerprint density at radius 3 is 2.44 bits per heavy atom. The molecule has 1 aromatic heterocycles. The Hall–Kier alpha value is -2.11. The minimum absolute atomic E-state index is 0.274. The number of nitrogens with zero attached hydrogens (tertiary/aromatic N) is 1. The number of amides is 2. The van der Waals surface area contributed by atoms with Crippen LogP contribution < -0.4 is 15.8 Å². The third-order valence-electron chi connectivity index (χ3n) is 5.38. The maximum atomic E-state index is 12.8. The van der Waals surface area contributed by atoms with E-state index in [1.807, 2.05) is 6.07 Å². The highest BCUT2D eigenvalue weighted by molar-refractivity contribution is 5.98. The lowest BCUT2D eigenvalue weighted by molar-refractivity contribution is -0.120. The van der Waals surface area contributed by atoms with Crippen LogP contribution in [0.5, 0.6) is 5.75 Å². The quantitative estimate of drug-likeness (QED) is 0.757. The van der Waals surface area contributed by atoms with E-state index in [2.05, 4.69) is 10.3 Å². The number of hydrogen-bond donors (Lipinski definition) is 2. The second-order valence-electron chi connectivity index (χ2n) is 7.67. The molecular weight excluding hydrogens is 318 g/mol. The zero-order chi connectivity index (χ0) is 17.6. The zero-order valence-corrected chi connectivity index (χ0v) is 14.6. The maximum Gasteiger partial charge on any atom is 0.274 e.